The molecule has 1 spiro atoms. The van der Waals surface area contributed by atoms with E-state index in [2.05, 4.69) is 59.5 Å². The van der Waals surface area contributed by atoms with E-state index in [1.807, 2.05) is 6.07 Å². The van der Waals surface area contributed by atoms with Crippen LogP contribution < -0.4 is 0 Å². The topological polar surface area (TPSA) is 20.3 Å². The molecule has 122 valence electrons. The number of fused-ring (bicyclic) bond motifs is 3. The SMILES string of the molecule is O=C1N(Cc2ccccc2)[C@@H](c2ccccc2)[C@@]12C[C@@H]1CC[C@H]2C1. The first-order valence-electron chi connectivity index (χ1n) is 9.19. The van der Waals surface area contributed by atoms with Gasteiger partial charge in [-0.25, -0.2) is 0 Å². The average Bonchev–Trinajstić information content (AvgIpc) is 3.25. The van der Waals surface area contributed by atoms with Gasteiger partial charge in [-0.05, 0) is 42.2 Å². The van der Waals surface area contributed by atoms with Crippen LogP contribution in [0, 0.1) is 17.3 Å². The van der Waals surface area contributed by atoms with Gasteiger partial charge in [0.2, 0.25) is 5.91 Å². The minimum Gasteiger partial charge on any atom is -0.330 e. The monoisotopic (exact) mass is 317 g/mol. The van der Waals surface area contributed by atoms with Crippen molar-refractivity contribution >= 4 is 5.91 Å². The molecule has 2 aliphatic carbocycles. The number of β-lactam (4-membered cyclic amide) rings is 1. The Bertz CT molecular complexity index is 756. The minimum atomic E-state index is -0.0982. The van der Waals surface area contributed by atoms with E-state index in [1.54, 1.807) is 0 Å². The molecule has 0 aromatic heterocycles. The number of rotatable bonds is 3. The van der Waals surface area contributed by atoms with E-state index < -0.39 is 0 Å². The van der Waals surface area contributed by atoms with Crippen LogP contribution in [0.3, 0.4) is 0 Å². The van der Waals surface area contributed by atoms with Crippen LogP contribution in [0.25, 0.3) is 0 Å². The zero-order valence-corrected chi connectivity index (χ0v) is 13.9. The Morgan fingerprint density at radius 2 is 1.67 bits per heavy atom. The van der Waals surface area contributed by atoms with Crippen molar-refractivity contribution in [3.05, 3.63) is 71.8 Å². The molecule has 0 N–H and O–H groups in total. The number of carbonyl (C=O) groups is 1. The summed E-state index contributed by atoms with van der Waals surface area (Å²) in [5, 5.41) is 0. The Labute approximate surface area is 143 Å². The lowest BCUT2D eigenvalue weighted by atomic mass is 9.59. The molecule has 2 heteroatoms. The molecular weight excluding hydrogens is 294 g/mol. The molecular formula is C22H23NO. The molecule has 0 radical (unpaired) electrons. The molecule has 1 aliphatic heterocycles. The number of hydrogen-bond donors (Lipinski definition) is 0. The molecule has 2 nitrogen and oxygen atoms in total. The van der Waals surface area contributed by atoms with Crippen molar-refractivity contribution in [2.75, 3.05) is 0 Å². The molecule has 0 unspecified atom stereocenters. The van der Waals surface area contributed by atoms with Gasteiger partial charge in [0.25, 0.3) is 0 Å². The highest BCUT2D eigenvalue weighted by Crippen LogP contribution is 2.68. The number of benzene rings is 2. The maximum absolute atomic E-state index is 13.3. The maximum atomic E-state index is 13.3. The van der Waals surface area contributed by atoms with Crippen molar-refractivity contribution in [3.63, 3.8) is 0 Å². The van der Waals surface area contributed by atoms with Gasteiger partial charge in [0, 0.05) is 6.54 Å². The standard InChI is InChI=1S/C22H23NO/c24-21-22(14-17-11-12-19(22)13-17)20(18-9-5-2-6-10-18)23(21)15-16-7-3-1-4-8-16/h1-10,17,19-20H,11-15H2/t17-,19+,20+,22+/m1/s1. The summed E-state index contributed by atoms with van der Waals surface area (Å²) < 4.78 is 0. The van der Waals surface area contributed by atoms with Gasteiger partial charge in [-0.3, -0.25) is 4.79 Å². The van der Waals surface area contributed by atoms with Crippen LogP contribution in [0.1, 0.15) is 42.9 Å². The van der Waals surface area contributed by atoms with Crippen LogP contribution in [0.15, 0.2) is 60.7 Å². The highest BCUT2D eigenvalue weighted by molar-refractivity contribution is 5.91. The zero-order valence-electron chi connectivity index (χ0n) is 13.9. The quantitative estimate of drug-likeness (QED) is 0.759. The predicted octanol–water partition coefficient (Wildman–Crippen LogP) is 4.58. The Morgan fingerprint density at radius 1 is 0.958 bits per heavy atom. The van der Waals surface area contributed by atoms with E-state index in [9.17, 15) is 4.79 Å². The van der Waals surface area contributed by atoms with E-state index in [1.165, 1.54) is 30.4 Å². The zero-order chi connectivity index (χ0) is 16.1. The van der Waals surface area contributed by atoms with Crippen molar-refractivity contribution < 1.29 is 4.79 Å². The normalized spacial score (nSPS) is 33.9. The number of amides is 1. The van der Waals surface area contributed by atoms with Crippen LogP contribution in [0.4, 0.5) is 0 Å². The fourth-order valence-electron chi connectivity index (χ4n) is 5.74. The summed E-state index contributed by atoms with van der Waals surface area (Å²) in [6, 6.07) is 21.4. The number of carbonyl (C=O) groups excluding carboxylic acids is 1. The third kappa shape index (κ3) is 1.86. The van der Waals surface area contributed by atoms with Gasteiger partial charge in [0.15, 0.2) is 0 Å². The van der Waals surface area contributed by atoms with Crippen LogP contribution in [0.2, 0.25) is 0 Å². The van der Waals surface area contributed by atoms with E-state index >= 15 is 0 Å². The summed E-state index contributed by atoms with van der Waals surface area (Å²) in [5.74, 6) is 1.80. The first kappa shape index (κ1) is 14.3. The molecule has 1 heterocycles. The lowest BCUT2D eigenvalue weighted by Crippen LogP contribution is -2.64. The summed E-state index contributed by atoms with van der Waals surface area (Å²) in [6.07, 6.45) is 4.97. The molecule has 2 bridgehead atoms. The maximum Gasteiger partial charge on any atom is 0.232 e. The smallest absolute Gasteiger partial charge is 0.232 e. The summed E-state index contributed by atoms with van der Waals surface area (Å²) >= 11 is 0. The number of likely N-dealkylation sites (tertiary alicyclic amines) is 1. The first-order valence-corrected chi connectivity index (χ1v) is 9.19. The van der Waals surface area contributed by atoms with Crippen LogP contribution >= 0.6 is 0 Å². The molecule has 4 atom stereocenters. The van der Waals surface area contributed by atoms with Crippen LogP contribution in [-0.4, -0.2) is 10.8 Å². The Balaban J connectivity index is 1.52. The van der Waals surface area contributed by atoms with E-state index in [0.29, 0.717) is 11.8 Å². The molecule has 3 aliphatic rings. The molecule has 2 aromatic carbocycles. The lowest BCUT2D eigenvalue weighted by Gasteiger charge is -2.58. The second-order valence-electron chi connectivity index (χ2n) is 7.85. The van der Waals surface area contributed by atoms with Gasteiger partial charge >= 0.3 is 0 Å². The van der Waals surface area contributed by atoms with Crippen molar-refractivity contribution in [3.8, 4) is 0 Å². The fourth-order valence-corrected chi connectivity index (χ4v) is 5.74. The molecule has 3 fully saturated rings. The fraction of sp³-hybridized carbons (Fsp3) is 0.409. The van der Waals surface area contributed by atoms with E-state index in [4.69, 9.17) is 0 Å². The second kappa shape index (κ2) is 5.20. The summed E-state index contributed by atoms with van der Waals surface area (Å²) in [5.41, 5.74) is 2.45. The third-order valence-corrected chi connectivity index (χ3v) is 6.67. The second-order valence-corrected chi connectivity index (χ2v) is 7.85. The van der Waals surface area contributed by atoms with Crippen molar-refractivity contribution in [1.29, 1.82) is 0 Å². The number of hydrogen-bond acceptors (Lipinski definition) is 1. The third-order valence-electron chi connectivity index (χ3n) is 6.67. The van der Waals surface area contributed by atoms with E-state index in [-0.39, 0.29) is 11.5 Å². The van der Waals surface area contributed by atoms with Crippen molar-refractivity contribution in [1.82, 2.24) is 4.90 Å². The summed E-state index contributed by atoms with van der Waals surface area (Å²) in [7, 11) is 0. The molecule has 1 saturated heterocycles. The molecule has 2 saturated carbocycles. The Kier molecular flexibility index (Phi) is 3.09. The van der Waals surface area contributed by atoms with Gasteiger partial charge < -0.3 is 4.90 Å². The predicted molar refractivity (Wildman–Crippen MR) is 94.1 cm³/mol. The Morgan fingerprint density at radius 3 is 2.29 bits per heavy atom. The van der Waals surface area contributed by atoms with Crippen molar-refractivity contribution in [2.45, 2.75) is 38.3 Å². The Hall–Kier alpha value is -2.09. The molecule has 24 heavy (non-hydrogen) atoms. The molecule has 1 amide bonds. The van der Waals surface area contributed by atoms with Gasteiger partial charge in [-0.1, -0.05) is 67.1 Å². The van der Waals surface area contributed by atoms with Crippen LogP contribution in [0.5, 0.6) is 0 Å². The van der Waals surface area contributed by atoms with Gasteiger partial charge in [0.05, 0.1) is 11.5 Å². The molecule has 5 rings (SSSR count). The lowest BCUT2D eigenvalue weighted by molar-refractivity contribution is -0.183. The van der Waals surface area contributed by atoms with Crippen LogP contribution in [-0.2, 0) is 11.3 Å². The number of nitrogens with zero attached hydrogens (tertiary/aromatic N) is 1. The molecule has 2 aromatic rings. The largest absolute Gasteiger partial charge is 0.330 e. The minimum absolute atomic E-state index is 0.0982. The highest BCUT2D eigenvalue weighted by atomic mass is 16.2. The first-order chi connectivity index (χ1) is 11.8. The van der Waals surface area contributed by atoms with Gasteiger partial charge in [0.1, 0.15) is 0 Å². The van der Waals surface area contributed by atoms with Gasteiger partial charge in [-0.15, -0.1) is 0 Å². The summed E-state index contributed by atoms with van der Waals surface area (Å²) in [6.45, 7) is 0.734. The average molecular weight is 317 g/mol. The highest BCUT2D eigenvalue weighted by Gasteiger charge is 2.68. The van der Waals surface area contributed by atoms with E-state index in [0.717, 1.165) is 18.9 Å². The summed E-state index contributed by atoms with van der Waals surface area (Å²) in [4.78, 5) is 15.4. The van der Waals surface area contributed by atoms with Crippen molar-refractivity contribution in [2.24, 2.45) is 17.3 Å². The van der Waals surface area contributed by atoms with Gasteiger partial charge in [-0.2, -0.15) is 0 Å².